The molecule has 1 aromatic carbocycles. The highest BCUT2D eigenvalue weighted by atomic mass is 16.5. The Kier molecular flexibility index (Phi) is 4.56. The summed E-state index contributed by atoms with van der Waals surface area (Å²) in [5.41, 5.74) is 2.56. The molecule has 0 N–H and O–H groups in total. The van der Waals surface area contributed by atoms with Gasteiger partial charge < -0.3 is 4.74 Å². The van der Waals surface area contributed by atoms with Gasteiger partial charge in [0.25, 0.3) is 0 Å². The second-order valence-electron chi connectivity index (χ2n) is 6.03. The van der Waals surface area contributed by atoms with E-state index in [2.05, 4.69) is 11.3 Å². The lowest BCUT2D eigenvalue weighted by atomic mass is 9.89. The lowest BCUT2D eigenvalue weighted by molar-refractivity contribution is 0.112. The first-order valence-corrected chi connectivity index (χ1v) is 7.96. The van der Waals surface area contributed by atoms with Gasteiger partial charge in [0.15, 0.2) is 0 Å². The van der Waals surface area contributed by atoms with Crippen molar-refractivity contribution >= 4 is 6.29 Å². The molecule has 1 saturated carbocycles. The number of rotatable bonds is 5. The van der Waals surface area contributed by atoms with Crippen LogP contribution in [0.3, 0.4) is 0 Å². The molecule has 0 amide bonds. The third-order valence-electron chi connectivity index (χ3n) is 4.47. The second-order valence-corrected chi connectivity index (χ2v) is 6.03. The number of methoxy groups -OCH3 is 1. The summed E-state index contributed by atoms with van der Waals surface area (Å²) in [4.78, 5) is 11.0. The minimum Gasteiger partial charge on any atom is -0.496 e. The van der Waals surface area contributed by atoms with Crippen molar-refractivity contribution in [3.63, 3.8) is 0 Å². The van der Waals surface area contributed by atoms with E-state index >= 15 is 0 Å². The summed E-state index contributed by atoms with van der Waals surface area (Å²) >= 11 is 0. The number of ether oxygens (including phenoxy) is 1. The predicted octanol–water partition coefficient (Wildman–Crippen LogP) is 3.95. The van der Waals surface area contributed by atoms with Gasteiger partial charge in [-0.05, 0) is 37.0 Å². The van der Waals surface area contributed by atoms with Crippen LogP contribution in [0, 0.1) is 5.92 Å². The zero-order valence-electron chi connectivity index (χ0n) is 13.0. The summed E-state index contributed by atoms with van der Waals surface area (Å²) < 4.78 is 7.43. The number of carbonyl (C=O) groups is 1. The lowest BCUT2D eigenvalue weighted by Gasteiger charge is -2.21. The highest BCUT2D eigenvalue weighted by Gasteiger charge is 2.15. The number of nitrogens with zero attached hydrogens (tertiary/aromatic N) is 2. The molecule has 1 fully saturated rings. The van der Waals surface area contributed by atoms with Crippen molar-refractivity contribution in [3.05, 3.63) is 36.2 Å². The Morgan fingerprint density at radius 2 is 2.14 bits per heavy atom. The second kappa shape index (κ2) is 6.77. The first-order valence-electron chi connectivity index (χ1n) is 7.96. The van der Waals surface area contributed by atoms with Crippen molar-refractivity contribution < 1.29 is 9.53 Å². The van der Waals surface area contributed by atoms with Gasteiger partial charge in [-0.25, -0.2) is 0 Å². The molecule has 0 saturated heterocycles. The first-order chi connectivity index (χ1) is 10.8. The fourth-order valence-electron chi connectivity index (χ4n) is 3.26. The molecule has 1 aromatic heterocycles. The Balaban J connectivity index is 1.82. The van der Waals surface area contributed by atoms with Crippen LogP contribution in [0.2, 0.25) is 0 Å². The van der Waals surface area contributed by atoms with Crippen molar-refractivity contribution in [1.29, 1.82) is 0 Å². The van der Waals surface area contributed by atoms with Gasteiger partial charge in [0.1, 0.15) is 12.0 Å². The van der Waals surface area contributed by atoms with Crippen LogP contribution in [-0.2, 0) is 6.54 Å². The van der Waals surface area contributed by atoms with E-state index in [4.69, 9.17) is 4.74 Å². The number of benzene rings is 1. The third-order valence-corrected chi connectivity index (χ3v) is 4.47. The minimum absolute atomic E-state index is 0.649. The van der Waals surface area contributed by atoms with Crippen LogP contribution in [0.1, 0.15) is 42.5 Å². The number of carbonyl (C=O) groups excluding carboxylic acids is 1. The largest absolute Gasteiger partial charge is 0.496 e. The van der Waals surface area contributed by atoms with E-state index in [0.29, 0.717) is 5.56 Å². The molecular formula is C18H22N2O2. The van der Waals surface area contributed by atoms with Crippen molar-refractivity contribution in [2.45, 2.75) is 38.6 Å². The molecule has 4 heteroatoms. The number of hydrogen-bond acceptors (Lipinski definition) is 3. The summed E-state index contributed by atoms with van der Waals surface area (Å²) in [6.07, 6.45) is 11.4. The van der Waals surface area contributed by atoms with E-state index in [9.17, 15) is 4.79 Å². The number of aldehydes is 1. The topological polar surface area (TPSA) is 44.1 Å². The number of hydrogen-bond donors (Lipinski definition) is 0. The fourth-order valence-corrected chi connectivity index (χ4v) is 3.26. The van der Waals surface area contributed by atoms with E-state index in [0.717, 1.165) is 35.6 Å². The molecule has 0 unspecified atom stereocenters. The summed E-state index contributed by atoms with van der Waals surface area (Å²) in [5.74, 6) is 1.51. The van der Waals surface area contributed by atoms with Gasteiger partial charge in [0, 0.05) is 29.4 Å². The molecule has 116 valence electrons. The summed E-state index contributed by atoms with van der Waals surface area (Å²) in [6.45, 7) is 0.982. The molecule has 4 nitrogen and oxygen atoms in total. The van der Waals surface area contributed by atoms with Crippen LogP contribution < -0.4 is 4.74 Å². The van der Waals surface area contributed by atoms with Gasteiger partial charge in [-0.2, -0.15) is 5.10 Å². The van der Waals surface area contributed by atoms with Crippen LogP contribution >= 0.6 is 0 Å². The van der Waals surface area contributed by atoms with E-state index < -0.39 is 0 Å². The third kappa shape index (κ3) is 3.21. The highest BCUT2D eigenvalue weighted by molar-refractivity contribution is 5.81. The molecular weight excluding hydrogens is 276 g/mol. The average molecular weight is 298 g/mol. The minimum atomic E-state index is 0.649. The SMILES string of the molecule is COc1ccc(C=O)cc1-c1cnn(CC2CCCCC2)c1. The van der Waals surface area contributed by atoms with Crippen LogP contribution in [0.4, 0.5) is 0 Å². The molecule has 0 spiro atoms. The van der Waals surface area contributed by atoms with E-state index in [1.54, 1.807) is 13.2 Å². The van der Waals surface area contributed by atoms with Gasteiger partial charge in [-0.15, -0.1) is 0 Å². The van der Waals surface area contributed by atoms with Crippen LogP contribution in [-0.4, -0.2) is 23.2 Å². The zero-order valence-corrected chi connectivity index (χ0v) is 13.0. The Labute approximate surface area is 131 Å². The normalized spacial score (nSPS) is 15.7. The fraction of sp³-hybridized carbons (Fsp3) is 0.444. The monoisotopic (exact) mass is 298 g/mol. The van der Waals surface area contributed by atoms with Crippen molar-refractivity contribution in [3.8, 4) is 16.9 Å². The summed E-state index contributed by atoms with van der Waals surface area (Å²) in [7, 11) is 1.64. The Morgan fingerprint density at radius 3 is 2.86 bits per heavy atom. The van der Waals surface area contributed by atoms with E-state index in [1.165, 1.54) is 32.1 Å². The molecule has 0 aliphatic heterocycles. The van der Waals surface area contributed by atoms with Gasteiger partial charge >= 0.3 is 0 Å². The van der Waals surface area contributed by atoms with Gasteiger partial charge in [0.2, 0.25) is 0 Å². The standard InChI is InChI=1S/C18H22N2O2/c1-22-18-8-7-15(13-21)9-17(18)16-10-19-20(12-16)11-14-5-3-2-4-6-14/h7-10,12-14H,2-6,11H2,1H3. The first kappa shape index (κ1) is 14.8. The van der Waals surface area contributed by atoms with Crippen LogP contribution in [0.5, 0.6) is 5.75 Å². The van der Waals surface area contributed by atoms with Crippen molar-refractivity contribution in [2.24, 2.45) is 5.92 Å². The van der Waals surface area contributed by atoms with E-state index in [-0.39, 0.29) is 0 Å². The molecule has 0 radical (unpaired) electrons. The van der Waals surface area contributed by atoms with Gasteiger partial charge in [0.05, 0.1) is 13.3 Å². The average Bonchev–Trinajstić information content (AvgIpc) is 3.03. The van der Waals surface area contributed by atoms with Crippen LogP contribution in [0.15, 0.2) is 30.6 Å². The number of aromatic nitrogens is 2. The maximum atomic E-state index is 11.0. The molecule has 22 heavy (non-hydrogen) atoms. The summed E-state index contributed by atoms with van der Waals surface area (Å²) in [6, 6.07) is 5.45. The lowest BCUT2D eigenvalue weighted by Crippen LogP contribution is -2.14. The van der Waals surface area contributed by atoms with Crippen molar-refractivity contribution in [1.82, 2.24) is 9.78 Å². The van der Waals surface area contributed by atoms with Gasteiger partial charge in [-0.3, -0.25) is 9.48 Å². The molecule has 0 bridgehead atoms. The zero-order chi connectivity index (χ0) is 15.4. The molecule has 1 aliphatic carbocycles. The summed E-state index contributed by atoms with van der Waals surface area (Å²) in [5, 5.41) is 4.49. The Hall–Kier alpha value is -2.10. The molecule has 3 rings (SSSR count). The molecule has 0 atom stereocenters. The molecule has 1 aliphatic rings. The smallest absolute Gasteiger partial charge is 0.150 e. The Morgan fingerprint density at radius 1 is 1.32 bits per heavy atom. The predicted molar refractivity (Wildman–Crippen MR) is 86.2 cm³/mol. The molecule has 1 heterocycles. The highest BCUT2D eigenvalue weighted by Crippen LogP contribution is 2.31. The van der Waals surface area contributed by atoms with Crippen molar-refractivity contribution in [2.75, 3.05) is 7.11 Å². The van der Waals surface area contributed by atoms with Crippen LogP contribution in [0.25, 0.3) is 11.1 Å². The maximum absolute atomic E-state index is 11.0. The maximum Gasteiger partial charge on any atom is 0.150 e. The quantitative estimate of drug-likeness (QED) is 0.785. The molecule has 2 aromatic rings. The Bertz CT molecular complexity index is 642. The van der Waals surface area contributed by atoms with Gasteiger partial charge in [-0.1, -0.05) is 19.3 Å². The van der Waals surface area contributed by atoms with E-state index in [1.807, 2.05) is 23.0 Å².